The third-order valence-electron chi connectivity index (χ3n) is 4.02. The quantitative estimate of drug-likeness (QED) is 0.372. The lowest BCUT2D eigenvalue weighted by molar-refractivity contribution is 0.657. The van der Waals surface area contributed by atoms with Crippen molar-refractivity contribution in [3.8, 4) is 0 Å². The minimum Gasteiger partial charge on any atom is -0.456 e. The van der Waals surface area contributed by atoms with Gasteiger partial charge in [0.05, 0.1) is 0 Å². The van der Waals surface area contributed by atoms with Crippen LogP contribution >= 0.6 is 0 Å². The average molecular weight is 290 g/mol. The molecular weight excluding hydrogens is 268 g/mol. The van der Waals surface area contributed by atoms with Crippen LogP contribution in [0.25, 0.3) is 32.7 Å². The second kappa shape index (κ2) is 5.84. The van der Waals surface area contributed by atoms with Crippen molar-refractivity contribution in [3.05, 3.63) is 60.2 Å². The van der Waals surface area contributed by atoms with E-state index in [-0.39, 0.29) is 0 Å². The Morgan fingerprint density at radius 3 is 2.18 bits per heavy atom. The number of hydrogen-bond acceptors (Lipinski definition) is 1. The van der Waals surface area contributed by atoms with Crippen LogP contribution in [0.15, 0.2) is 59.0 Å². The smallest absolute Gasteiger partial charge is 0.139 e. The number of para-hydroxylation sites is 1. The highest BCUT2D eigenvalue weighted by molar-refractivity contribution is 6.19. The van der Waals surface area contributed by atoms with Crippen molar-refractivity contribution < 1.29 is 4.42 Å². The molecule has 0 fully saturated rings. The summed E-state index contributed by atoms with van der Waals surface area (Å²) >= 11 is 0. The molecule has 4 aromatic rings. The molecule has 1 nitrogen and oxygen atoms in total. The highest BCUT2D eigenvalue weighted by Crippen LogP contribution is 2.38. The van der Waals surface area contributed by atoms with Gasteiger partial charge in [0.2, 0.25) is 0 Å². The minimum atomic E-state index is 0.447. The van der Waals surface area contributed by atoms with E-state index < -0.39 is 0 Å². The Balaban J connectivity index is 0.000000693. The van der Waals surface area contributed by atoms with E-state index in [1.807, 2.05) is 26.0 Å². The van der Waals surface area contributed by atoms with Gasteiger partial charge in [-0.2, -0.15) is 0 Å². The Morgan fingerprint density at radius 1 is 0.818 bits per heavy atom. The Morgan fingerprint density at radius 2 is 1.45 bits per heavy atom. The molecule has 0 saturated carbocycles. The molecule has 0 unspecified atom stereocenters. The van der Waals surface area contributed by atoms with Crippen LogP contribution in [0.3, 0.4) is 0 Å². The van der Waals surface area contributed by atoms with Crippen molar-refractivity contribution in [3.63, 3.8) is 0 Å². The van der Waals surface area contributed by atoms with E-state index in [1.54, 1.807) is 0 Å². The summed E-state index contributed by atoms with van der Waals surface area (Å²) in [5.41, 5.74) is 3.30. The van der Waals surface area contributed by atoms with Gasteiger partial charge in [0, 0.05) is 10.8 Å². The first-order valence-electron chi connectivity index (χ1n) is 8.08. The van der Waals surface area contributed by atoms with E-state index in [2.05, 4.69) is 56.3 Å². The first-order chi connectivity index (χ1) is 10.8. The number of furan rings is 1. The summed E-state index contributed by atoms with van der Waals surface area (Å²) in [6.07, 6.45) is 0. The predicted molar refractivity (Wildman–Crippen MR) is 96.7 cm³/mol. The van der Waals surface area contributed by atoms with Crippen LogP contribution in [0.5, 0.6) is 0 Å². The molecule has 0 aliphatic carbocycles. The Kier molecular flexibility index (Phi) is 3.89. The molecule has 112 valence electrons. The SMILES string of the molecule is CC.CC(C)c1cc2ccccc2c2c1oc1ccccc12. The molecule has 0 bridgehead atoms. The molecule has 0 atom stereocenters. The van der Waals surface area contributed by atoms with Crippen LogP contribution in [0.2, 0.25) is 0 Å². The molecule has 0 spiro atoms. The fourth-order valence-corrected chi connectivity index (χ4v) is 3.03. The van der Waals surface area contributed by atoms with Crippen molar-refractivity contribution in [2.24, 2.45) is 0 Å². The Hall–Kier alpha value is -2.28. The number of benzene rings is 3. The zero-order chi connectivity index (χ0) is 15.7. The molecule has 0 aliphatic rings. The highest BCUT2D eigenvalue weighted by atomic mass is 16.3. The molecular formula is C21H22O. The lowest BCUT2D eigenvalue weighted by atomic mass is 9.95. The molecule has 1 aromatic heterocycles. The summed E-state index contributed by atoms with van der Waals surface area (Å²) in [5, 5.41) is 5.02. The van der Waals surface area contributed by atoms with Crippen molar-refractivity contribution in [2.45, 2.75) is 33.6 Å². The molecule has 1 heterocycles. The fourth-order valence-electron chi connectivity index (χ4n) is 3.03. The van der Waals surface area contributed by atoms with Crippen LogP contribution in [-0.2, 0) is 0 Å². The molecule has 22 heavy (non-hydrogen) atoms. The summed E-state index contributed by atoms with van der Waals surface area (Å²) < 4.78 is 6.15. The van der Waals surface area contributed by atoms with Gasteiger partial charge in [-0.25, -0.2) is 0 Å². The molecule has 4 rings (SSSR count). The number of hydrogen-bond donors (Lipinski definition) is 0. The zero-order valence-electron chi connectivity index (χ0n) is 13.7. The lowest BCUT2D eigenvalue weighted by Crippen LogP contribution is -1.88. The van der Waals surface area contributed by atoms with Gasteiger partial charge in [0.25, 0.3) is 0 Å². The zero-order valence-corrected chi connectivity index (χ0v) is 13.7. The van der Waals surface area contributed by atoms with Crippen LogP contribution in [0.4, 0.5) is 0 Å². The lowest BCUT2D eigenvalue weighted by Gasteiger charge is -2.09. The van der Waals surface area contributed by atoms with Gasteiger partial charge in [0.15, 0.2) is 0 Å². The largest absolute Gasteiger partial charge is 0.456 e. The summed E-state index contributed by atoms with van der Waals surface area (Å²) in [4.78, 5) is 0. The maximum absolute atomic E-state index is 6.15. The summed E-state index contributed by atoms with van der Waals surface area (Å²) in [6.45, 7) is 8.44. The maximum Gasteiger partial charge on any atom is 0.139 e. The third-order valence-corrected chi connectivity index (χ3v) is 4.02. The summed E-state index contributed by atoms with van der Waals surface area (Å²) in [5.74, 6) is 0.447. The third kappa shape index (κ3) is 2.18. The standard InChI is InChI=1S/C19H16O.C2H6/c1-12(2)16-11-13-7-3-4-8-14(13)18-15-9-5-6-10-17(15)20-19(16)18;1-2/h3-12H,1-2H3;1-2H3. The monoisotopic (exact) mass is 290 g/mol. The predicted octanol–water partition coefficient (Wildman–Crippen LogP) is 6.89. The Bertz CT molecular complexity index is 929. The van der Waals surface area contributed by atoms with E-state index in [1.165, 1.54) is 27.1 Å². The van der Waals surface area contributed by atoms with E-state index in [0.717, 1.165) is 11.2 Å². The van der Waals surface area contributed by atoms with Gasteiger partial charge in [-0.1, -0.05) is 70.2 Å². The first-order valence-corrected chi connectivity index (χ1v) is 8.08. The van der Waals surface area contributed by atoms with E-state index in [4.69, 9.17) is 4.42 Å². The maximum atomic E-state index is 6.15. The van der Waals surface area contributed by atoms with Crippen LogP contribution in [-0.4, -0.2) is 0 Å². The molecule has 0 radical (unpaired) electrons. The second-order valence-corrected chi connectivity index (χ2v) is 5.64. The number of fused-ring (bicyclic) bond motifs is 5. The summed E-state index contributed by atoms with van der Waals surface area (Å²) in [6, 6.07) is 19.1. The Labute approximate surface area is 131 Å². The topological polar surface area (TPSA) is 13.1 Å². The normalized spacial score (nSPS) is 11.1. The van der Waals surface area contributed by atoms with Crippen LogP contribution < -0.4 is 0 Å². The van der Waals surface area contributed by atoms with Gasteiger partial charge in [-0.15, -0.1) is 0 Å². The van der Waals surface area contributed by atoms with Gasteiger partial charge < -0.3 is 4.42 Å². The van der Waals surface area contributed by atoms with Crippen LogP contribution in [0, 0.1) is 0 Å². The van der Waals surface area contributed by atoms with E-state index in [0.29, 0.717) is 5.92 Å². The molecule has 1 heteroatoms. The van der Waals surface area contributed by atoms with Crippen molar-refractivity contribution in [1.29, 1.82) is 0 Å². The van der Waals surface area contributed by atoms with Crippen LogP contribution in [0.1, 0.15) is 39.2 Å². The van der Waals surface area contributed by atoms with Gasteiger partial charge in [-0.3, -0.25) is 0 Å². The van der Waals surface area contributed by atoms with Gasteiger partial charge in [-0.05, 0) is 34.4 Å². The molecule has 0 saturated heterocycles. The minimum absolute atomic E-state index is 0.447. The fraction of sp³-hybridized carbons (Fsp3) is 0.238. The highest BCUT2D eigenvalue weighted by Gasteiger charge is 2.15. The molecule has 0 amide bonds. The summed E-state index contributed by atoms with van der Waals surface area (Å²) in [7, 11) is 0. The van der Waals surface area contributed by atoms with Gasteiger partial charge >= 0.3 is 0 Å². The van der Waals surface area contributed by atoms with E-state index >= 15 is 0 Å². The van der Waals surface area contributed by atoms with Crippen molar-refractivity contribution >= 4 is 32.7 Å². The number of rotatable bonds is 1. The average Bonchev–Trinajstić information content (AvgIpc) is 2.95. The van der Waals surface area contributed by atoms with Crippen molar-refractivity contribution in [2.75, 3.05) is 0 Å². The van der Waals surface area contributed by atoms with Gasteiger partial charge in [0.1, 0.15) is 11.2 Å². The molecule has 3 aromatic carbocycles. The molecule has 0 N–H and O–H groups in total. The van der Waals surface area contributed by atoms with E-state index in [9.17, 15) is 0 Å². The van der Waals surface area contributed by atoms with Crippen molar-refractivity contribution in [1.82, 2.24) is 0 Å². The molecule has 0 aliphatic heterocycles. The second-order valence-electron chi connectivity index (χ2n) is 5.64. The first kappa shape index (κ1) is 14.6.